The van der Waals surface area contributed by atoms with Gasteiger partial charge < -0.3 is 9.15 Å². The molecule has 0 unspecified atom stereocenters. The smallest absolute Gasteiger partial charge is 0.322 e. The summed E-state index contributed by atoms with van der Waals surface area (Å²) in [6.45, 7) is 0. The van der Waals surface area contributed by atoms with Gasteiger partial charge in [0.15, 0.2) is 0 Å². The Bertz CT molecular complexity index is 912. The van der Waals surface area contributed by atoms with E-state index in [1.165, 1.54) is 13.2 Å². The maximum atomic E-state index is 13.7. The Balaban J connectivity index is 1.69. The summed E-state index contributed by atoms with van der Waals surface area (Å²) in [5, 5.41) is 9.72. The van der Waals surface area contributed by atoms with Crippen LogP contribution < -0.4 is 10.1 Å². The van der Waals surface area contributed by atoms with Gasteiger partial charge in [0.05, 0.1) is 19.1 Å². The highest BCUT2D eigenvalue weighted by Gasteiger charge is 2.15. The van der Waals surface area contributed by atoms with Crippen molar-refractivity contribution in [1.29, 1.82) is 0 Å². The molecule has 0 aliphatic heterocycles. The second kappa shape index (κ2) is 7.08. The topological polar surface area (TPSA) is 77.2 Å². The molecule has 3 rings (SSSR count). The average molecular weight is 345 g/mol. The van der Waals surface area contributed by atoms with E-state index in [-0.39, 0.29) is 29.8 Å². The lowest BCUT2D eigenvalue weighted by atomic mass is 10.1. The Labute approximate surface area is 141 Å². The fourth-order valence-corrected chi connectivity index (χ4v) is 2.18. The third kappa shape index (κ3) is 3.97. The zero-order chi connectivity index (χ0) is 17.8. The summed E-state index contributed by atoms with van der Waals surface area (Å²) >= 11 is 0. The summed E-state index contributed by atoms with van der Waals surface area (Å²) in [4.78, 5) is 12.0. The van der Waals surface area contributed by atoms with E-state index in [0.29, 0.717) is 11.8 Å². The number of ether oxygens (including phenoxy) is 1. The molecule has 0 atom stereocenters. The molecule has 1 heterocycles. The molecule has 0 fully saturated rings. The molecule has 1 amide bonds. The molecular weight excluding hydrogens is 332 g/mol. The van der Waals surface area contributed by atoms with Gasteiger partial charge in [-0.05, 0) is 29.8 Å². The van der Waals surface area contributed by atoms with Crippen LogP contribution in [0.4, 0.5) is 14.8 Å². The number of rotatable bonds is 5. The predicted octanol–water partition coefficient (Wildman–Crippen LogP) is 3.20. The first-order valence-corrected chi connectivity index (χ1v) is 7.27. The number of amides is 1. The highest BCUT2D eigenvalue weighted by Crippen LogP contribution is 2.23. The first-order valence-electron chi connectivity index (χ1n) is 7.27. The van der Waals surface area contributed by atoms with Crippen LogP contribution in [0, 0.1) is 11.6 Å². The van der Waals surface area contributed by atoms with E-state index in [4.69, 9.17) is 9.15 Å². The normalized spacial score (nSPS) is 10.5. The van der Waals surface area contributed by atoms with Crippen LogP contribution in [0.25, 0.3) is 11.5 Å². The van der Waals surface area contributed by atoms with E-state index >= 15 is 0 Å². The number of carbonyl (C=O) groups is 1. The van der Waals surface area contributed by atoms with Crippen molar-refractivity contribution in [2.24, 2.45) is 0 Å². The van der Waals surface area contributed by atoms with Gasteiger partial charge in [0.25, 0.3) is 5.89 Å². The van der Waals surface area contributed by atoms with Gasteiger partial charge in [0.2, 0.25) is 5.91 Å². The molecule has 0 radical (unpaired) electrons. The van der Waals surface area contributed by atoms with Crippen LogP contribution in [-0.2, 0) is 11.2 Å². The molecule has 6 nitrogen and oxygen atoms in total. The lowest BCUT2D eigenvalue weighted by Gasteiger charge is -2.04. The Hall–Kier alpha value is -3.29. The fourth-order valence-electron chi connectivity index (χ4n) is 2.18. The molecule has 3 aromatic rings. The van der Waals surface area contributed by atoms with Gasteiger partial charge >= 0.3 is 6.01 Å². The minimum atomic E-state index is -0.835. The average Bonchev–Trinajstić information content (AvgIpc) is 3.03. The van der Waals surface area contributed by atoms with Crippen LogP contribution in [-0.4, -0.2) is 23.2 Å². The molecule has 0 saturated heterocycles. The SMILES string of the molecule is COc1cccc(CC(=O)Nc2nnc(-c3ccc(F)cc3F)o2)c1. The lowest BCUT2D eigenvalue weighted by molar-refractivity contribution is -0.115. The van der Waals surface area contributed by atoms with E-state index in [9.17, 15) is 13.6 Å². The molecular formula is C17H13F2N3O3. The van der Waals surface area contributed by atoms with Gasteiger partial charge in [-0.2, -0.15) is 0 Å². The zero-order valence-corrected chi connectivity index (χ0v) is 13.1. The number of methoxy groups -OCH3 is 1. The van der Waals surface area contributed by atoms with Crippen molar-refractivity contribution in [3.8, 4) is 17.2 Å². The molecule has 128 valence electrons. The third-order valence-corrected chi connectivity index (χ3v) is 3.33. The number of halogens is 2. The monoisotopic (exact) mass is 345 g/mol. The molecule has 8 heteroatoms. The quantitative estimate of drug-likeness (QED) is 0.768. The maximum absolute atomic E-state index is 13.7. The van der Waals surface area contributed by atoms with Gasteiger partial charge in [0.1, 0.15) is 17.4 Å². The Morgan fingerprint density at radius 1 is 1.20 bits per heavy atom. The molecule has 25 heavy (non-hydrogen) atoms. The number of carbonyl (C=O) groups excluding carboxylic acids is 1. The number of aromatic nitrogens is 2. The van der Waals surface area contributed by atoms with E-state index in [2.05, 4.69) is 15.5 Å². The second-order valence-electron chi connectivity index (χ2n) is 5.11. The summed E-state index contributed by atoms with van der Waals surface area (Å²) in [7, 11) is 1.54. The second-order valence-corrected chi connectivity index (χ2v) is 5.11. The van der Waals surface area contributed by atoms with E-state index in [0.717, 1.165) is 11.6 Å². The number of benzene rings is 2. The first-order chi connectivity index (χ1) is 12.0. The number of anilines is 1. The van der Waals surface area contributed by atoms with Gasteiger partial charge in [-0.25, -0.2) is 8.78 Å². The minimum Gasteiger partial charge on any atom is -0.497 e. The molecule has 0 bridgehead atoms. The Morgan fingerprint density at radius 2 is 2.04 bits per heavy atom. The van der Waals surface area contributed by atoms with E-state index in [1.807, 2.05) is 0 Å². The summed E-state index contributed by atoms with van der Waals surface area (Å²) in [6.07, 6.45) is 0.0693. The van der Waals surface area contributed by atoms with Crippen LogP contribution in [0.3, 0.4) is 0 Å². The molecule has 1 N–H and O–H groups in total. The summed E-state index contributed by atoms with van der Waals surface area (Å²) in [5.41, 5.74) is 0.684. The van der Waals surface area contributed by atoms with Crippen molar-refractivity contribution in [1.82, 2.24) is 10.2 Å². The number of hydrogen-bond donors (Lipinski definition) is 1. The maximum Gasteiger partial charge on any atom is 0.322 e. The molecule has 2 aromatic carbocycles. The molecule has 0 spiro atoms. The summed E-state index contributed by atoms with van der Waals surface area (Å²) < 4.78 is 36.9. The number of nitrogens with one attached hydrogen (secondary N) is 1. The van der Waals surface area contributed by atoms with Crippen LogP contribution in [0.1, 0.15) is 5.56 Å². The Morgan fingerprint density at radius 3 is 2.80 bits per heavy atom. The van der Waals surface area contributed by atoms with Crippen LogP contribution >= 0.6 is 0 Å². The zero-order valence-electron chi connectivity index (χ0n) is 13.1. The summed E-state index contributed by atoms with van der Waals surface area (Å²) in [5.74, 6) is -1.46. The number of nitrogens with zero attached hydrogens (tertiary/aromatic N) is 2. The van der Waals surface area contributed by atoms with Crippen molar-refractivity contribution in [2.75, 3.05) is 12.4 Å². The first kappa shape index (κ1) is 16.6. The van der Waals surface area contributed by atoms with Crippen molar-refractivity contribution in [2.45, 2.75) is 6.42 Å². The van der Waals surface area contributed by atoms with Crippen molar-refractivity contribution >= 4 is 11.9 Å². The van der Waals surface area contributed by atoms with Gasteiger partial charge in [-0.1, -0.05) is 17.2 Å². The third-order valence-electron chi connectivity index (χ3n) is 3.33. The van der Waals surface area contributed by atoms with Crippen LogP contribution in [0.5, 0.6) is 5.75 Å². The Kier molecular flexibility index (Phi) is 4.69. The van der Waals surface area contributed by atoms with E-state index in [1.54, 1.807) is 24.3 Å². The predicted molar refractivity (Wildman–Crippen MR) is 85.0 cm³/mol. The highest BCUT2D eigenvalue weighted by atomic mass is 19.1. The van der Waals surface area contributed by atoms with Crippen molar-refractivity contribution in [3.05, 3.63) is 59.7 Å². The molecule has 0 aliphatic rings. The highest BCUT2D eigenvalue weighted by molar-refractivity contribution is 5.90. The summed E-state index contributed by atoms with van der Waals surface area (Å²) in [6, 6.07) is 9.82. The van der Waals surface area contributed by atoms with Crippen LogP contribution in [0.2, 0.25) is 0 Å². The molecule has 0 saturated carbocycles. The fraction of sp³-hybridized carbons (Fsp3) is 0.118. The van der Waals surface area contributed by atoms with Crippen molar-refractivity contribution in [3.63, 3.8) is 0 Å². The minimum absolute atomic E-state index is 0.0535. The van der Waals surface area contributed by atoms with Gasteiger partial charge in [-0.15, -0.1) is 5.10 Å². The number of hydrogen-bond acceptors (Lipinski definition) is 5. The van der Waals surface area contributed by atoms with Gasteiger partial charge in [-0.3, -0.25) is 10.1 Å². The largest absolute Gasteiger partial charge is 0.497 e. The van der Waals surface area contributed by atoms with Crippen molar-refractivity contribution < 1.29 is 22.7 Å². The molecule has 1 aromatic heterocycles. The lowest BCUT2D eigenvalue weighted by Crippen LogP contribution is -2.14. The molecule has 0 aliphatic carbocycles. The van der Waals surface area contributed by atoms with Gasteiger partial charge in [0, 0.05) is 6.07 Å². The van der Waals surface area contributed by atoms with Crippen LogP contribution in [0.15, 0.2) is 46.9 Å². The van der Waals surface area contributed by atoms with E-state index < -0.39 is 11.6 Å². The standard InChI is InChI=1S/C17H13F2N3O3/c1-24-12-4-2-3-10(7-12)8-15(23)20-17-22-21-16(25-17)13-6-5-11(18)9-14(13)19/h2-7,9H,8H2,1H3,(H,20,22,23).